The number of ether oxygens (including phenoxy) is 1. The molecule has 5 aromatic rings. The minimum Gasteiger partial charge on any atom is -0.486 e. The topological polar surface area (TPSA) is 51.5 Å². The molecule has 0 radical (unpaired) electrons. The number of benzene rings is 4. The minimum absolute atomic E-state index is 0.106. The van der Waals surface area contributed by atoms with Crippen molar-refractivity contribution >= 4 is 11.6 Å². The molecule has 0 fully saturated rings. The molecule has 0 saturated heterocycles. The molecule has 4 heteroatoms. The Morgan fingerprint density at radius 3 is 1.97 bits per heavy atom. The summed E-state index contributed by atoms with van der Waals surface area (Å²) in [5.41, 5.74) is 5.29. The second kappa shape index (κ2) is 10.6. The van der Waals surface area contributed by atoms with Crippen molar-refractivity contribution in [1.82, 2.24) is 0 Å². The molecular weight excluding hydrogens is 458 g/mol. The second-order valence-corrected chi connectivity index (χ2v) is 9.47. The lowest BCUT2D eigenvalue weighted by Gasteiger charge is -2.26. The van der Waals surface area contributed by atoms with Crippen LogP contribution in [0.5, 0.6) is 5.75 Å². The summed E-state index contributed by atoms with van der Waals surface area (Å²) in [4.78, 5) is 12.7. The second-order valence-electron chi connectivity index (χ2n) is 9.47. The van der Waals surface area contributed by atoms with Crippen molar-refractivity contribution in [2.45, 2.75) is 25.9 Å². The zero-order valence-electron chi connectivity index (χ0n) is 21.0. The molecule has 0 spiro atoms. The van der Waals surface area contributed by atoms with Gasteiger partial charge in [-0.25, -0.2) is 0 Å². The molecule has 1 N–H and O–H groups in total. The highest BCUT2D eigenvalue weighted by Crippen LogP contribution is 2.32. The number of hydrogen-bond donors (Lipinski definition) is 1. The van der Waals surface area contributed by atoms with Crippen LogP contribution < -0.4 is 10.1 Å². The lowest BCUT2D eigenvalue weighted by atomic mass is 9.78. The summed E-state index contributed by atoms with van der Waals surface area (Å²) >= 11 is 0. The van der Waals surface area contributed by atoms with Crippen molar-refractivity contribution in [3.63, 3.8) is 0 Å². The van der Waals surface area contributed by atoms with E-state index in [1.807, 2.05) is 60.7 Å². The number of nitrogens with one attached hydrogen (secondary N) is 1. The number of amides is 1. The van der Waals surface area contributed by atoms with E-state index >= 15 is 0 Å². The smallest absolute Gasteiger partial charge is 0.291 e. The summed E-state index contributed by atoms with van der Waals surface area (Å²) in [6, 6.07) is 39.8. The molecule has 4 nitrogen and oxygen atoms in total. The number of carbonyl (C=O) groups is 1. The number of anilines is 1. The zero-order chi connectivity index (χ0) is 25.7. The van der Waals surface area contributed by atoms with Crippen LogP contribution in [0.15, 0.2) is 126 Å². The van der Waals surface area contributed by atoms with Crippen LogP contribution in [-0.4, -0.2) is 5.91 Å². The fraction of sp³-hybridized carbons (Fsp3) is 0.121. The van der Waals surface area contributed by atoms with Gasteiger partial charge in [0.25, 0.3) is 5.91 Å². The van der Waals surface area contributed by atoms with Crippen LogP contribution in [0.3, 0.4) is 0 Å². The van der Waals surface area contributed by atoms with Gasteiger partial charge in [-0.05, 0) is 58.7 Å². The average Bonchev–Trinajstić information content (AvgIpc) is 3.43. The van der Waals surface area contributed by atoms with Gasteiger partial charge < -0.3 is 14.5 Å². The molecule has 0 aliphatic heterocycles. The van der Waals surface area contributed by atoms with Crippen LogP contribution in [0.1, 0.15) is 41.3 Å². The van der Waals surface area contributed by atoms with Gasteiger partial charge >= 0.3 is 0 Å². The first kappa shape index (κ1) is 24.1. The van der Waals surface area contributed by atoms with Crippen LogP contribution in [0.4, 0.5) is 5.69 Å². The fourth-order valence-electron chi connectivity index (χ4n) is 4.29. The molecule has 0 unspecified atom stereocenters. The number of carbonyl (C=O) groups excluding carboxylic acids is 1. The maximum atomic E-state index is 12.7. The molecule has 0 saturated carbocycles. The summed E-state index contributed by atoms with van der Waals surface area (Å²) in [6.45, 7) is 4.66. The third-order valence-corrected chi connectivity index (χ3v) is 6.59. The van der Waals surface area contributed by atoms with Gasteiger partial charge in [-0.15, -0.1) is 0 Å². The lowest BCUT2D eigenvalue weighted by Crippen LogP contribution is -2.18. The maximum Gasteiger partial charge on any atom is 0.291 e. The maximum absolute atomic E-state index is 12.7. The molecule has 1 heterocycles. The highest BCUT2D eigenvalue weighted by atomic mass is 16.5. The SMILES string of the molecule is CC(C)(c1ccccc1)c1ccc(OCc2ccc(C(=O)Nc3ccc(-c4ccccc4)cc3)o2)cc1. The highest BCUT2D eigenvalue weighted by molar-refractivity contribution is 6.02. The van der Waals surface area contributed by atoms with E-state index in [9.17, 15) is 4.79 Å². The average molecular weight is 488 g/mol. The molecule has 1 aromatic heterocycles. The zero-order valence-corrected chi connectivity index (χ0v) is 21.0. The third-order valence-electron chi connectivity index (χ3n) is 6.59. The fourth-order valence-corrected chi connectivity index (χ4v) is 4.29. The third kappa shape index (κ3) is 5.65. The first-order valence-corrected chi connectivity index (χ1v) is 12.3. The number of hydrogen-bond acceptors (Lipinski definition) is 3. The van der Waals surface area contributed by atoms with Crippen LogP contribution in [0, 0.1) is 0 Å². The minimum atomic E-state index is -0.300. The summed E-state index contributed by atoms with van der Waals surface area (Å²) in [6.07, 6.45) is 0. The Morgan fingerprint density at radius 2 is 1.30 bits per heavy atom. The first-order valence-electron chi connectivity index (χ1n) is 12.3. The molecular formula is C33H29NO3. The standard InChI is InChI=1S/C33H29NO3/c1-33(2,26-11-7-4-8-12-26)27-15-19-29(20-16-27)36-23-30-21-22-31(37-30)32(35)34-28-17-13-25(14-18-28)24-9-5-3-6-10-24/h3-22H,23H2,1-2H3,(H,34,35). The van der Waals surface area contributed by atoms with Gasteiger partial charge in [-0.3, -0.25) is 4.79 Å². The van der Waals surface area contributed by atoms with Crippen molar-refractivity contribution in [2.75, 3.05) is 5.32 Å². The first-order chi connectivity index (χ1) is 18.0. The molecule has 0 bridgehead atoms. The van der Waals surface area contributed by atoms with E-state index in [0.717, 1.165) is 16.9 Å². The van der Waals surface area contributed by atoms with Crippen molar-refractivity contribution < 1.29 is 13.9 Å². The van der Waals surface area contributed by atoms with Crippen LogP contribution in [0.2, 0.25) is 0 Å². The summed E-state index contributed by atoms with van der Waals surface area (Å²) in [5.74, 6) is 1.27. The van der Waals surface area contributed by atoms with E-state index in [-0.39, 0.29) is 23.7 Å². The predicted molar refractivity (Wildman–Crippen MR) is 148 cm³/mol. The summed E-state index contributed by atoms with van der Waals surface area (Å²) in [5, 5.41) is 2.88. The Kier molecular flexibility index (Phi) is 6.91. The summed E-state index contributed by atoms with van der Waals surface area (Å²) in [7, 11) is 0. The van der Waals surface area contributed by atoms with Gasteiger partial charge in [-0.1, -0.05) is 98.8 Å². The van der Waals surface area contributed by atoms with E-state index in [4.69, 9.17) is 9.15 Å². The molecule has 4 aromatic carbocycles. The van der Waals surface area contributed by atoms with Gasteiger partial charge in [-0.2, -0.15) is 0 Å². The normalized spacial score (nSPS) is 11.2. The van der Waals surface area contributed by atoms with E-state index in [0.29, 0.717) is 11.4 Å². The number of rotatable bonds is 8. The van der Waals surface area contributed by atoms with Crippen LogP contribution in [0.25, 0.3) is 11.1 Å². The molecule has 0 aliphatic rings. The number of furan rings is 1. The van der Waals surface area contributed by atoms with E-state index in [1.54, 1.807) is 12.1 Å². The molecule has 5 rings (SSSR count). The van der Waals surface area contributed by atoms with Crippen LogP contribution >= 0.6 is 0 Å². The molecule has 184 valence electrons. The van der Waals surface area contributed by atoms with E-state index in [2.05, 4.69) is 67.7 Å². The van der Waals surface area contributed by atoms with E-state index < -0.39 is 0 Å². The van der Waals surface area contributed by atoms with Gasteiger partial charge in [0.2, 0.25) is 0 Å². The Bertz CT molecular complexity index is 1450. The van der Waals surface area contributed by atoms with E-state index in [1.165, 1.54) is 11.1 Å². The Hall–Kier alpha value is -4.57. The Labute approximate surface area is 217 Å². The van der Waals surface area contributed by atoms with Gasteiger partial charge in [0.05, 0.1) is 0 Å². The summed E-state index contributed by atoms with van der Waals surface area (Å²) < 4.78 is 11.6. The lowest BCUT2D eigenvalue weighted by molar-refractivity contribution is 0.0992. The highest BCUT2D eigenvalue weighted by Gasteiger charge is 2.22. The van der Waals surface area contributed by atoms with Gasteiger partial charge in [0.1, 0.15) is 18.1 Å². The van der Waals surface area contributed by atoms with Gasteiger partial charge in [0.15, 0.2) is 5.76 Å². The molecule has 0 atom stereocenters. The quantitative estimate of drug-likeness (QED) is 0.241. The van der Waals surface area contributed by atoms with Gasteiger partial charge in [0, 0.05) is 11.1 Å². The van der Waals surface area contributed by atoms with Crippen molar-refractivity contribution in [1.29, 1.82) is 0 Å². The molecule has 0 aliphatic carbocycles. The van der Waals surface area contributed by atoms with Crippen LogP contribution in [-0.2, 0) is 12.0 Å². The van der Waals surface area contributed by atoms with Crippen molar-refractivity contribution in [3.8, 4) is 16.9 Å². The molecule has 1 amide bonds. The largest absolute Gasteiger partial charge is 0.486 e. The van der Waals surface area contributed by atoms with Crippen molar-refractivity contribution in [3.05, 3.63) is 144 Å². The Morgan fingerprint density at radius 1 is 0.703 bits per heavy atom. The van der Waals surface area contributed by atoms with Crippen molar-refractivity contribution in [2.24, 2.45) is 0 Å². The monoisotopic (exact) mass is 487 g/mol. The predicted octanol–water partition coefficient (Wildman–Crippen LogP) is 8.10. The molecule has 37 heavy (non-hydrogen) atoms. The Balaban J connectivity index is 1.17.